The van der Waals surface area contributed by atoms with Crippen LogP contribution in [0.25, 0.3) is 0 Å². The molecule has 2 fully saturated rings. The van der Waals surface area contributed by atoms with E-state index in [0.717, 1.165) is 38.0 Å². The summed E-state index contributed by atoms with van der Waals surface area (Å²) in [6.45, 7) is 4.04. The van der Waals surface area contributed by atoms with Crippen LogP contribution in [-0.2, 0) is 27.9 Å². The molecule has 1 atom stereocenters. The Kier molecular flexibility index (Phi) is 6.89. The SMILES string of the molecule is CS(=O)(=O)N1CCCCC1C(=O)NCc1ccccc1CN1CCCCC1. The topological polar surface area (TPSA) is 69.7 Å². The number of nitrogens with one attached hydrogen (secondary N) is 1. The highest BCUT2D eigenvalue weighted by atomic mass is 32.2. The molecule has 6 nitrogen and oxygen atoms in total. The molecule has 1 unspecified atom stereocenters. The Bertz CT molecular complexity index is 745. The number of benzene rings is 1. The minimum absolute atomic E-state index is 0.187. The highest BCUT2D eigenvalue weighted by molar-refractivity contribution is 7.88. The van der Waals surface area contributed by atoms with Crippen molar-refractivity contribution < 1.29 is 13.2 Å². The van der Waals surface area contributed by atoms with Crippen LogP contribution in [0.3, 0.4) is 0 Å². The van der Waals surface area contributed by atoms with Crippen molar-refractivity contribution in [1.29, 1.82) is 0 Å². The van der Waals surface area contributed by atoms with Crippen LogP contribution in [0.4, 0.5) is 0 Å². The highest BCUT2D eigenvalue weighted by Crippen LogP contribution is 2.21. The van der Waals surface area contributed by atoms with Gasteiger partial charge < -0.3 is 5.32 Å². The largest absolute Gasteiger partial charge is 0.351 e. The summed E-state index contributed by atoms with van der Waals surface area (Å²) in [7, 11) is -3.36. The first-order chi connectivity index (χ1) is 12.9. The van der Waals surface area contributed by atoms with E-state index in [2.05, 4.69) is 22.3 Å². The van der Waals surface area contributed by atoms with Crippen LogP contribution in [0.5, 0.6) is 0 Å². The molecule has 0 bridgehead atoms. The molecular formula is C20H31N3O3S. The standard InChI is InChI=1S/C20H31N3O3S/c1-27(25,26)23-14-8-5-11-19(23)20(24)21-15-17-9-3-4-10-18(17)16-22-12-6-2-7-13-22/h3-4,9-10,19H,2,5-8,11-16H2,1H3,(H,21,24). The molecule has 3 rings (SSSR count). The Hall–Kier alpha value is -1.44. The molecule has 1 aromatic carbocycles. The van der Waals surface area contributed by atoms with E-state index in [4.69, 9.17) is 0 Å². The molecule has 0 radical (unpaired) electrons. The van der Waals surface area contributed by atoms with E-state index in [-0.39, 0.29) is 5.91 Å². The maximum absolute atomic E-state index is 12.7. The summed E-state index contributed by atoms with van der Waals surface area (Å²) < 4.78 is 25.3. The van der Waals surface area contributed by atoms with E-state index >= 15 is 0 Å². The Balaban J connectivity index is 1.63. The highest BCUT2D eigenvalue weighted by Gasteiger charge is 2.34. The molecule has 1 aromatic rings. The van der Waals surface area contributed by atoms with Crippen molar-refractivity contribution in [2.24, 2.45) is 0 Å². The van der Waals surface area contributed by atoms with E-state index in [1.165, 1.54) is 35.4 Å². The second kappa shape index (κ2) is 9.17. The average molecular weight is 394 g/mol. The van der Waals surface area contributed by atoms with Crippen molar-refractivity contribution in [2.75, 3.05) is 25.9 Å². The van der Waals surface area contributed by atoms with Crippen molar-refractivity contribution in [3.8, 4) is 0 Å². The molecule has 7 heteroatoms. The summed E-state index contributed by atoms with van der Waals surface area (Å²) in [5.41, 5.74) is 2.35. The van der Waals surface area contributed by atoms with E-state index in [1.54, 1.807) is 0 Å². The maximum atomic E-state index is 12.7. The number of carbonyl (C=O) groups is 1. The summed E-state index contributed by atoms with van der Waals surface area (Å²) in [5.74, 6) is -0.187. The smallest absolute Gasteiger partial charge is 0.238 e. The second-order valence-corrected chi connectivity index (χ2v) is 9.64. The van der Waals surface area contributed by atoms with Crippen LogP contribution >= 0.6 is 0 Å². The van der Waals surface area contributed by atoms with Gasteiger partial charge in [-0.1, -0.05) is 37.1 Å². The monoisotopic (exact) mass is 393 g/mol. The van der Waals surface area contributed by atoms with E-state index < -0.39 is 16.1 Å². The van der Waals surface area contributed by atoms with Crippen molar-refractivity contribution in [3.63, 3.8) is 0 Å². The Morgan fingerprint density at radius 1 is 1.04 bits per heavy atom. The van der Waals surface area contributed by atoms with Crippen LogP contribution in [0.1, 0.15) is 49.7 Å². The first kappa shape index (κ1) is 20.3. The van der Waals surface area contributed by atoms with Gasteiger partial charge in [0.2, 0.25) is 15.9 Å². The molecule has 1 amide bonds. The summed E-state index contributed by atoms with van der Waals surface area (Å²) >= 11 is 0. The molecule has 2 heterocycles. The van der Waals surface area contributed by atoms with Crippen LogP contribution in [0.2, 0.25) is 0 Å². The molecule has 0 aromatic heterocycles. The number of sulfonamides is 1. The zero-order chi connectivity index (χ0) is 19.3. The Morgan fingerprint density at radius 2 is 1.70 bits per heavy atom. The molecule has 27 heavy (non-hydrogen) atoms. The summed E-state index contributed by atoms with van der Waals surface area (Å²) in [4.78, 5) is 15.2. The number of hydrogen-bond acceptors (Lipinski definition) is 4. The quantitative estimate of drug-likeness (QED) is 0.804. The minimum Gasteiger partial charge on any atom is -0.351 e. The lowest BCUT2D eigenvalue weighted by Crippen LogP contribution is -2.51. The number of carbonyl (C=O) groups excluding carboxylic acids is 1. The molecule has 1 N–H and O–H groups in total. The van der Waals surface area contributed by atoms with E-state index in [9.17, 15) is 13.2 Å². The van der Waals surface area contributed by atoms with Crippen LogP contribution in [0.15, 0.2) is 24.3 Å². The fourth-order valence-electron chi connectivity index (χ4n) is 4.11. The number of likely N-dealkylation sites (tertiary alicyclic amines) is 1. The first-order valence-corrected chi connectivity index (χ1v) is 11.8. The Labute approximate surface area is 163 Å². The number of nitrogens with zero attached hydrogens (tertiary/aromatic N) is 2. The van der Waals surface area contributed by atoms with Crippen molar-refractivity contribution in [3.05, 3.63) is 35.4 Å². The Morgan fingerprint density at radius 3 is 2.41 bits per heavy atom. The van der Waals surface area contributed by atoms with Gasteiger partial charge in [-0.25, -0.2) is 8.42 Å². The fraction of sp³-hybridized carbons (Fsp3) is 0.650. The molecule has 0 saturated carbocycles. The molecule has 2 aliphatic heterocycles. The van der Waals surface area contributed by atoms with Gasteiger partial charge in [0.1, 0.15) is 6.04 Å². The van der Waals surface area contributed by atoms with Gasteiger partial charge in [0.25, 0.3) is 0 Å². The molecule has 2 saturated heterocycles. The maximum Gasteiger partial charge on any atom is 0.238 e. The molecule has 0 aliphatic carbocycles. The first-order valence-electron chi connectivity index (χ1n) is 9.99. The minimum atomic E-state index is -3.36. The van der Waals surface area contributed by atoms with Crippen LogP contribution < -0.4 is 5.32 Å². The second-order valence-electron chi connectivity index (χ2n) is 7.71. The predicted octanol–water partition coefficient (Wildman–Crippen LogP) is 2.10. The van der Waals surface area contributed by atoms with Gasteiger partial charge in [-0.05, 0) is 49.9 Å². The normalized spacial score (nSPS) is 22.5. The third-order valence-corrected chi connectivity index (χ3v) is 6.89. The van der Waals surface area contributed by atoms with Gasteiger partial charge >= 0.3 is 0 Å². The number of amides is 1. The lowest BCUT2D eigenvalue weighted by atomic mass is 10.0. The molecular weight excluding hydrogens is 362 g/mol. The molecule has 150 valence electrons. The van der Waals surface area contributed by atoms with Gasteiger partial charge in [0.15, 0.2) is 0 Å². The van der Waals surface area contributed by atoms with Crippen molar-refractivity contribution in [1.82, 2.24) is 14.5 Å². The summed E-state index contributed by atoms with van der Waals surface area (Å²) in [5, 5.41) is 2.98. The van der Waals surface area contributed by atoms with Gasteiger partial charge in [-0.2, -0.15) is 4.31 Å². The summed E-state index contributed by atoms with van der Waals surface area (Å²) in [6.07, 6.45) is 7.29. The number of piperidine rings is 2. The predicted molar refractivity (Wildman–Crippen MR) is 107 cm³/mol. The van der Waals surface area contributed by atoms with Gasteiger partial charge in [-0.3, -0.25) is 9.69 Å². The lowest BCUT2D eigenvalue weighted by Gasteiger charge is -2.32. The lowest BCUT2D eigenvalue weighted by molar-refractivity contribution is -0.125. The third kappa shape index (κ3) is 5.53. The van der Waals surface area contributed by atoms with Crippen LogP contribution in [-0.4, -0.2) is 55.5 Å². The number of hydrogen-bond donors (Lipinski definition) is 1. The van der Waals surface area contributed by atoms with E-state index in [1.807, 2.05) is 12.1 Å². The summed E-state index contributed by atoms with van der Waals surface area (Å²) in [6, 6.07) is 7.62. The third-order valence-electron chi connectivity index (χ3n) is 5.60. The average Bonchev–Trinajstić information content (AvgIpc) is 2.67. The van der Waals surface area contributed by atoms with Crippen molar-refractivity contribution >= 4 is 15.9 Å². The zero-order valence-corrected chi connectivity index (χ0v) is 17.0. The number of rotatable bonds is 6. The van der Waals surface area contributed by atoms with Crippen molar-refractivity contribution in [2.45, 2.75) is 57.7 Å². The van der Waals surface area contributed by atoms with Gasteiger partial charge in [-0.15, -0.1) is 0 Å². The molecule has 0 spiro atoms. The van der Waals surface area contributed by atoms with Gasteiger partial charge in [0.05, 0.1) is 6.26 Å². The van der Waals surface area contributed by atoms with Gasteiger partial charge in [0, 0.05) is 19.6 Å². The zero-order valence-electron chi connectivity index (χ0n) is 16.2. The van der Waals surface area contributed by atoms with E-state index in [0.29, 0.717) is 19.5 Å². The molecule has 2 aliphatic rings. The fourth-order valence-corrected chi connectivity index (χ4v) is 5.23. The van der Waals surface area contributed by atoms with Crippen LogP contribution in [0, 0.1) is 0 Å².